The van der Waals surface area contributed by atoms with Gasteiger partial charge in [-0.2, -0.15) is 0 Å². The van der Waals surface area contributed by atoms with Crippen LogP contribution in [0.25, 0.3) is 11.0 Å². The molecule has 9 nitrogen and oxygen atoms in total. The first kappa shape index (κ1) is 27.2. The van der Waals surface area contributed by atoms with Gasteiger partial charge >= 0.3 is 0 Å². The van der Waals surface area contributed by atoms with E-state index in [1.807, 2.05) is 39.2 Å². The smallest absolute Gasteiger partial charge is 0.255 e. The van der Waals surface area contributed by atoms with Crippen molar-refractivity contribution < 1.29 is 23.4 Å². The summed E-state index contributed by atoms with van der Waals surface area (Å²) in [7, 11) is 1.78. The molecule has 3 aromatic rings. The molecule has 1 atom stereocenters. The zero-order valence-electron chi connectivity index (χ0n) is 23.7. The highest BCUT2D eigenvalue weighted by atomic mass is 32.2. The van der Waals surface area contributed by atoms with Crippen LogP contribution in [0.4, 0.5) is 0 Å². The summed E-state index contributed by atoms with van der Waals surface area (Å²) in [5, 5.41) is 3.65. The molecule has 3 aliphatic rings. The normalized spacial score (nSPS) is 24.8. The first-order valence-electron chi connectivity index (χ1n) is 14.0. The molecule has 6 rings (SSSR count). The molecule has 2 N–H and O–H groups in total. The van der Waals surface area contributed by atoms with Crippen molar-refractivity contribution >= 4 is 28.6 Å². The Bertz CT molecular complexity index is 1500. The van der Waals surface area contributed by atoms with E-state index in [9.17, 15) is 9.59 Å². The molecule has 2 fully saturated rings. The maximum absolute atomic E-state index is 13.6. The van der Waals surface area contributed by atoms with Gasteiger partial charge in [-0.25, -0.2) is 0 Å². The highest BCUT2D eigenvalue weighted by Gasteiger charge is 2.48. The quantitative estimate of drug-likeness (QED) is 0.394. The van der Waals surface area contributed by atoms with Gasteiger partial charge < -0.3 is 28.9 Å². The number of aromatic nitrogens is 1. The summed E-state index contributed by atoms with van der Waals surface area (Å²) in [6, 6.07) is 4.32. The molecule has 1 amide bonds. The average molecular weight is 568 g/mol. The molecule has 2 aliphatic heterocycles. The monoisotopic (exact) mass is 567 g/mol. The molecule has 1 aromatic carbocycles. The molecule has 0 radical (unpaired) electrons. The van der Waals surface area contributed by atoms with Crippen LogP contribution in [0.1, 0.15) is 59.8 Å². The summed E-state index contributed by atoms with van der Waals surface area (Å²) in [5.74, 6) is 0.311. The highest BCUT2D eigenvalue weighted by Crippen LogP contribution is 2.52. The van der Waals surface area contributed by atoms with Gasteiger partial charge in [0.15, 0.2) is 17.1 Å². The van der Waals surface area contributed by atoms with Gasteiger partial charge in [-0.1, -0.05) is 0 Å². The van der Waals surface area contributed by atoms with Crippen LogP contribution in [0.3, 0.4) is 0 Å². The number of benzene rings is 1. The van der Waals surface area contributed by atoms with Crippen LogP contribution >= 0.6 is 11.8 Å². The number of furan rings is 1. The van der Waals surface area contributed by atoms with E-state index in [-0.39, 0.29) is 23.9 Å². The van der Waals surface area contributed by atoms with E-state index in [2.05, 4.69) is 15.2 Å². The average Bonchev–Trinajstić information content (AvgIpc) is 3.53. The minimum absolute atomic E-state index is 0.101. The van der Waals surface area contributed by atoms with E-state index in [0.29, 0.717) is 51.3 Å². The molecule has 2 aromatic heterocycles. The van der Waals surface area contributed by atoms with E-state index < -0.39 is 5.79 Å². The van der Waals surface area contributed by atoms with Gasteiger partial charge in [0.05, 0.1) is 23.3 Å². The van der Waals surface area contributed by atoms with E-state index in [4.69, 9.17) is 18.6 Å². The number of aryl methyl sites for hydroxylation is 1. The standard InChI is InChI=1S/C30H37N3O6S/c1-16-12-23(40-5)22(28(34)32-16)13-31-29(35)24-17(2)25-27(21-10-11-37-26(21)24)39-30(3,38-25)18-6-8-19(9-7-18)33-14-20(15-33)36-4/h10-12,18-20H,6-9,13-15H2,1-5H3,(H,31,35)(H,32,34)/t18?,19?,30-/m0/s1. The Labute approximate surface area is 237 Å². The zero-order chi connectivity index (χ0) is 28.2. The van der Waals surface area contributed by atoms with Gasteiger partial charge in [-0.15, -0.1) is 11.8 Å². The second-order valence-corrected chi connectivity index (χ2v) is 12.2. The molecule has 10 heteroatoms. The maximum atomic E-state index is 13.6. The van der Waals surface area contributed by atoms with Gasteiger partial charge in [-0.3, -0.25) is 14.5 Å². The van der Waals surface area contributed by atoms with Crippen LogP contribution in [-0.2, 0) is 11.3 Å². The predicted molar refractivity (Wildman–Crippen MR) is 153 cm³/mol. The Balaban J connectivity index is 1.21. The number of hydrogen-bond acceptors (Lipinski definition) is 8. The summed E-state index contributed by atoms with van der Waals surface area (Å²) >= 11 is 1.48. The molecule has 0 bridgehead atoms. The second-order valence-electron chi connectivity index (χ2n) is 11.4. The predicted octanol–water partition coefficient (Wildman–Crippen LogP) is 4.77. The number of H-pyrrole nitrogens is 1. The lowest BCUT2D eigenvalue weighted by Gasteiger charge is -2.47. The zero-order valence-corrected chi connectivity index (χ0v) is 24.5. The van der Waals surface area contributed by atoms with Gasteiger partial charge in [0.2, 0.25) is 0 Å². The van der Waals surface area contributed by atoms with Crippen molar-refractivity contribution in [2.75, 3.05) is 26.5 Å². The highest BCUT2D eigenvalue weighted by molar-refractivity contribution is 7.98. The van der Waals surface area contributed by atoms with Crippen LogP contribution < -0.4 is 20.3 Å². The number of nitrogens with zero attached hydrogens (tertiary/aromatic N) is 1. The first-order chi connectivity index (χ1) is 19.2. The number of methoxy groups -OCH3 is 1. The number of fused-ring (bicyclic) bond motifs is 3. The first-order valence-corrected chi connectivity index (χ1v) is 15.2. The number of carbonyl (C=O) groups is 1. The third-order valence-corrected chi connectivity index (χ3v) is 9.74. The molecule has 40 heavy (non-hydrogen) atoms. The van der Waals surface area contributed by atoms with Crippen LogP contribution in [-0.4, -0.2) is 60.2 Å². The number of hydrogen-bond donors (Lipinski definition) is 2. The van der Waals surface area contributed by atoms with Crippen molar-refractivity contribution in [1.82, 2.24) is 15.2 Å². The Kier molecular flexibility index (Phi) is 7.13. The Hall–Kier alpha value is -2.95. The number of likely N-dealkylation sites (tertiary alicyclic amines) is 1. The maximum Gasteiger partial charge on any atom is 0.255 e. The summed E-state index contributed by atoms with van der Waals surface area (Å²) in [5.41, 5.74) is 2.63. The lowest BCUT2D eigenvalue weighted by atomic mass is 9.80. The fourth-order valence-electron chi connectivity index (χ4n) is 6.52. The van der Waals surface area contributed by atoms with Crippen molar-refractivity contribution in [3.8, 4) is 11.5 Å². The molecular formula is C30H37N3O6S. The minimum Gasteiger partial charge on any atom is -0.463 e. The van der Waals surface area contributed by atoms with Gasteiger partial charge in [0, 0.05) is 67.3 Å². The third-order valence-electron chi connectivity index (χ3n) is 8.93. The minimum atomic E-state index is -0.816. The molecule has 0 spiro atoms. The van der Waals surface area contributed by atoms with Crippen molar-refractivity contribution in [3.05, 3.63) is 51.1 Å². The molecule has 4 heterocycles. The number of nitrogens with one attached hydrogen (secondary N) is 2. The van der Waals surface area contributed by atoms with E-state index >= 15 is 0 Å². The molecule has 0 unspecified atom stereocenters. The number of ether oxygens (including phenoxy) is 3. The fourth-order valence-corrected chi connectivity index (χ4v) is 7.23. The van der Waals surface area contributed by atoms with E-state index in [1.54, 1.807) is 13.4 Å². The Morgan fingerprint density at radius 1 is 1.20 bits per heavy atom. The second kappa shape index (κ2) is 10.5. The fraction of sp³-hybridized carbons (Fsp3) is 0.533. The van der Waals surface area contributed by atoms with Gasteiger partial charge in [0.1, 0.15) is 0 Å². The number of thioether (sulfide) groups is 1. The number of pyridine rings is 1. The lowest BCUT2D eigenvalue weighted by molar-refractivity contribution is -0.129. The SMILES string of the molecule is COC1CN(C2CCC([C@@]3(C)Oc4c(C)c(C(=O)NCc5c(SC)cc(C)[nH]c5=O)c5occc5c4O3)CC2)C1. The lowest BCUT2D eigenvalue weighted by Crippen LogP contribution is -2.57. The van der Waals surface area contributed by atoms with Crippen molar-refractivity contribution in [3.63, 3.8) is 0 Å². The molecular weight excluding hydrogens is 530 g/mol. The number of aromatic amines is 1. The molecule has 1 saturated heterocycles. The largest absolute Gasteiger partial charge is 0.463 e. The van der Waals surface area contributed by atoms with Crippen LogP contribution in [0, 0.1) is 19.8 Å². The number of carbonyl (C=O) groups excluding carboxylic acids is 1. The molecule has 214 valence electrons. The van der Waals surface area contributed by atoms with Crippen molar-refractivity contribution in [2.45, 2.75) is 75.8 Å². The van der Waals surface area contributed by atoms with Gasteiger partial charge in [0.25, 0.3) is 17.3 Å². The van der Waals surface area contributed by atoms with Crippen LogP contribution in [0.5, 0.6) is 11.5 Å². The third kappa shape index (κ3) is 4.59. The Morgan fingerprint density at radius 2 is 1.93 bits per heavy atom. The Morgan fingerprint density at radius 3 is 2.62 bits per heavy atom. The summed E-state index contributed by atoms with van der Waals surface area (Å²) in [4.78, 5) is 32.4. The van der Waals surface area contributed by atoms with E-state index in [0.717, 1.165) is 49.4 Å². The summed E-state index contributed by atoms with van der Waals surface area (Å²) < 4.78 is 24.5. The van der Waals surface area contributed by atoms with Gasteiger partial charge in [-0.05, 0) is 57.9 Å². The molecule has 1 aliphatic carbocycles. The number of rotatable bonds is 7. The summed E-state index contributed by atoms with van der Waals surface area (Å²) in [6.07, 6.45) is 8.07. The van der Waals surface area contributed by atoms with Crippen molar-refractivity contribution in [2.24, 2.45) is 5.92 Å². The number of amides is 1. The summed E-state index contributed by atoms with van der Waals surface area (Å²) in [6.45, 7) is 7.85. The van der Waals surface area contributed by atoms with Crippen LogP contribution in [0.15, 0.2) is 32.5 Å². The molecule has 1 saturated carbocycles. The van der Waals surface area contributed by atoms with Crippen molar-refractivity contribution in [1.29, 1.82) is 0 Å². The topological polar surface area (TPSA) is 106 Å². The van der Waals surface area contributed by atoms with Crippen LogP contribution in [0.2, 0.25) is 0 Å². The van der Waals surface area contributed by atoms with E-state index in [1.165, 1.54) is 11.8 Å².